The lowest BCUT2D eigenvalue weighted by molar-refractivity contribution is 0.0458. The number of esters is 1. The minimum Gasteiger partial charge on any atom is -0.454 e. The highest BCUT2D eigenvalue weighted by Gasteiger charge is 2.16. The summed E-state index contributed by atoms with van der Waals surface area (Å²) >= 11 is 0. The summed E-state index contributed by atoms with van der Waals surface area (Å²) in [5.74, 6) is -0.514. The monoisotopic (exact) mass is 258 g/mol. The number of nitrogens with zero attached hydrogens (tertiary/aromatic N) is 3. The number of fused-ring (bicyclic) bond motifs is 1. The molecule has 0 unspecified atom stereocenters. The number of carbonyl (C=O) groups is 1. The van der Waals surface area contributed by atoms with E-state index >= 15 is 0 Å². The Balaban J connectivity index is 1.79. The van der Waals surface area contributed by atoms with E-state index in [0.29, 0.717) is 11.4 Å². The van der Waals surface area contributed by atoms with Gasteiger partial charge in [-0.25, -0.2) is 9.42 Å². The van der Waals surface area contributed by atoms with Gasteiger partial charge in [0.05, 0.1) is 5.52 Å². The average molecular weight is 258 g/mol. The van der Waals surface area contributed by atoms with Crippen LogP contribution in [0, 0.1) is 6.92 Å². The Hall–Kier alpha value is -2.70. The zero-order chi connectivity index (χ0) is 13.2. The van der Waals surface area contributed by atoms with E-state index < -0.39 is 5.97 Å². The van der Waals surface area contributed by atoms with Crippen LogP contribution >= 0.6 is 0 Å². The van der Waals surface area contributed by atoms with Crippen LogP contribution < -0.4 is 0 Å². The molecule has 0 atom stereocenters. The van der Waals surface area contributed by atoms with Gasteiger partial charge in [0, 0.05) is 5.39 Å². The van der Waals surface area contributed by atoms with Gasteiger partial charge in [-0.05, 0) is 13.0 Å². The van der Waals surface area contributed by atoms with E-state index in [2.05, 4.69) is 25.1 Å². The molecule has 19 heavy (non-hydrogen) atoms. The maximum Gasteiger partial charge on any atom is 0.359 e. The van der Waals surface area contributed by atoms with Gasteiger partial charge in [-0.2, -0.15) is 5.10 Å². The Bertz CT molecular complexity index is 731. The van der Waals surface area contributed by atoms with Crippen molar-refractivity contribution in [3.63, 3.8) is 0 Å². The average Bonchev–Trinajstić information content (AvgIpc) is 3.02. The second kappa shape index (κ2) is 4.52. The molecule has 2 heterocycles. The molecule has 0 amide bonds. The minimum absolute atomic E-state index is 0.00928. The van der Waals surface area contributed by atoms with Crippen LogP contribution in [-0.4, -0.2) is 26.5 Å². The Labute approximate surface area is 107 Å². The molecule has 0 saturated heterocycles. The topological polar surface area (TPSA) is 93.9 Å². The smallest absolute Gasteiger partial charge is 0.359 e. The number of para-hydroxylation sites is 1. The third kappa shape index (κ3) is 2.05. The first-order chi connectivity index (χ1) is 9.25. The molecule has 0 radical (unpaired) electrons. The Kier molecular flexibility index (Phi) is 2.71. The molecular formula is C12H10N4O3. The molecule has 0 aliphatic heterocycles. The first-order valence-electron chi connectivity index (χ1n) is 5.64. The number of H-pyrrole nitrogens is 1. The second-order valence-electron chi connectivity index (χ2n) is 3.99. The maximum absolute atomic E-state index is 11.9. The lowest BCUT2D eigenvalue weighted by Crippen LogP contribution is -2.07. The fourth-order valence-corrected chi connectivity index (χ4v) is 1.70. The summed E-state index contributed by atoms with van der Waals surface area (Å²) in [5, 5.41) is 14.7. The van der Waals surface area contributed by atoms with Crippen LogP contribution in [0.4, 0.5) is 0 Å². The van der Waals surface area contributed by atoms with E-state index in [4.69, 9.17) is 4.74 Å². The molecule has 3 rings (SSSR count). The van der Waals surface area contributed by atoms with Crippen LogP contribution in [0.15, 0.2) is 28.9 Å². The molecule has 0 bridgehead atoms. The highest BCUT2D eigenvalue weighted by atomic mass is 16.6. The zero-order valence-corrected chi connectivity index (χ0v) is 10.1. The predicted octanol–water partition coefficient (Wildman–Crippen LogP) is 1.61. The number of carbonyl (C=O) groups excluding carboxylic acids is 1. The van der Waals surface area contributed by atoms with Gasteiger partial charge in [-0.3, -0.25) is 5.10 Å². The summed E-state index contributed by atoms with van der Waals surface area (Å²) < 4.78 is 9.66. The number of aromatic amines is 1. The molecule has 0 saturated carbocycles. The molecule has 0 aliphatic carbocycles. The van der Waals surface area contributed by atoms with Crippen LogP contribution in [-0.2, 0) is 11.3 Å². The lowest BCUT2D eigenvalue weighted by Gasteiger charge is -2.00. The van der Waals surface area contributed by atoms with Gasteiger partial charge in [0.2, 0.25) is 0 Å². The summed E-state index contributed by atoms with van der Waals surface area (Å²) in [4.78, 5) is 11.9. The SMILES string of the molecule is Cc1nonc1COC(=O)c1n[nH]c2ccccc12. The number of rotatable bonds is 3. The molecule has 7 heteroatoms. The Morgan fingerprint density at radius 1 is 1.37 bits per heavy atom. The normalized spacial score (nSPS) is 10.8. The van der Waals surface area contributed by atoms with Crippen molar-refractivity contribution in [2.45, 2.75) is 13.5 Å². The third-order valence-corrected chi connectivity index (χ3v) is 2.75. The highest BCUT2D eigenvalue weighted by Crippen LogP contribution is 2.16. The first kappa shape index (κ1) is 11.4. The number of hydrogen-bond acceptors (Lipinski definition) is 6. The molecule has 1 aromatic carbocycles. The van der Waals surface area contributed by atoms with Crippen LogP contribution in [0.5, 0.6) is 0 Å². The fourth-order valence-electron chi connectivity index (χ4n) is 1.70. The van der Waals surface area contributed by atoms with E-state index in [9.17, 15) is 4.79 Å². The third-order valence-electron chi connectivity index (χ3n) is 2.75. The quantitative estimate of drug-likeness (QED) is 0.717. The van der Waals surface area contributed by atoms with E-state index in [1.807, 2.05) is 18.2 Å². The van der Waals surface area contributed by atoms with Crippen molar-refractivity contribution in [1.82, 2.24) is 20.5 Å². The molecule has 0 aliphatic rings. The molecule has 1 N–H and O–H groups in total. The highest BCUT2D eigenvalue weighted by molar-refractivity contribution is 6.01. The van der Waals surface area contributed by atoms with E-state index in [1.54, 1.807) is 13.0 Å². The van der Waals surface area contributed by atoms with E-state index in [-0.39, 0.29) is 12.3 Å². The zero-order valence-electron chi connectivity index (χ0n) is 10.1. The number of benzene rings is 1. The number of ether oxygens (including phenoxy) is 1. The lowest BCUT2D eigenvalue weighted by atomic mass is 10.2. The van der Waals surface area contributed by atoms with Crippen molar-refractivity contribution in [2.75, 3.05) is 0 Å². The summed E-state index contributed by atoms with van der Waals surface area (Å²) in [6.45, 7) is 1.74. The van der Waals surface area contributed by atoms with Gasteiger partial charge in [0.15, 0.2) is 5.69 Å². The fraction of sp³-hybridized carbons (Fsp3) is 0.167. The number of nitrogens with one attached hydrogen (secondary N) is 1. The van der Waals surface area contributed by atoms with Crippen molar-refractivity contribution in [2.24, 2.45) is 0 Å². The van der Waals surface area contributed by atoms with E-state index in [1.165, 1.54) is 0 Å². The van der Waals surface area contributed by atoms with Gasteiger partial charge < -0.3 is 4.74 Å². The molecular weight excluding hydrogens is 248 g/mol. The second-order valence-corrected chi connectivity index (χ2v) is 3.99. The molecule has 0 fully saturated rings. The summed E-state index contributed by atoms with van der Waals surface area (Å²) in [7, 11) is 0. The van der Waals surface area contributed by atoms with Crippen LogP contribution in [0.1, 0.15) is 21.9 Å². The molecule has 0 spiro atoms. The Morgan fingerprint density at radius 2 is 2.21 bits per heavy atom. The first-order valence-corrected chi connectivity index (χ1v) is 5.64. The molecule has 96 valence electrons. The van der Waals surface area contributed by atoms with Gasteiger partial charge in [-0.15, -0.1) is 0 Å². The maximum atomic E-state index is 11.9. The standard InChI is InChI=1S/C12H10N4O3/c1-7-10(16-19-15-7)6-18-12(17)11-8-4-2-3-5-9(8)13-14-11/h2-5H,6H2,1H3,(H,13,14). The van der Waals surface area contributed by atoms with Gasteiger partial charge >= 0.3 is 5.97 Å². The predicted molar refractivity (Wildman–Crippen MR) is 64.2 cm³/mol. The van der Waals surface area contributed by atoms with Gasteiger partial charge in [0.1, 0.15) is 18.0 Å². The van der Waals surface area contributed by atoms with Crippen LogP contribution in [0.25, 0.3) is 10.9 Å². The van der Waals surface area contributed by atoms with Crippen molar-refractivity contribution in [1.29, 1.82) is 0 Å². The van der Waals surface area contributed by atoms with Crippen molar-refractivity contribution in [3.05, 3.63) is 41.3 Å². The number of hydrogen-bond donors (Lipinski definition) is 1. The number of aromatic nitrogens is 4. The number of aryl methyl sites for hydroxylation is 1. The Morgan fingerprint density at radius 3 is 3.00 bits per heavy atom. The largest absolute Gasteiger partial charge is 0.454 e. The van der Waals surface area contributed by atoms with Gasteiger partial charge in [0.25, 0.3) is 0 Å². The summed E-state index contributed by atoms with van der Waals surface area (Å²) in [6.07, 6.45) is 0. The van der Waals surface area contributed by atoms with E-state index in [0.717, 1.165) is 10.9 Å². The van der Waals surface area contributed by atoms with Gasteiger partial charge in [-0.1, -0.05) is 28.5 Å². The minimum atomic E-state index is -0.514. The van der Waals surface area contributed by atoms with Crippen LogP contribution in [0.2, 0.25) is 0 Å². The molecule has 7 nitrogen and oxygen atoms in total. The van der Waals surface area contributed by atoms with Crippen molar-refractivity contribution >= 4 is 16.9 Å². The summed E-state index contributed by atoms with van der Waals surface area (Å²) in [5.41, 5.74) is 2.13. The van der Waals surface area contributed by atoms with Crippen molar-refractivity contribution < 1.29 is 14.2 Å². The summed E-state index contributed by atoms with van der Waals surface area (Å²) in [6, 6.07) is 7.34. The van der Waals surface area contributed by atoms with Crippen LogP contribution in [0.3, 0.4) is 0 Å². The van der Waals surface area contributed by atoms with Crippen molar-refractivity contribution in [3.8, 4) is 0 Å². The molecule has 3 aromatic rings. The molecule has 2 aromatic heterocycles.